The van der Waals surface area contributed by atoms with Crippen LogP contribution in [0.5, 0.6) is 0 Å². The first-order chi connectivity index (χ1) is 2.73. The van der Waals surface area contributed by atoms with E-state index in [2.05, 4.69) is 0 Å². The molecule has 2 radical (unpaired) electrons. The number of hydrogen-bond acceptors (Lipinski definition) is 4. The van der Waals surface area contributed by atoms with Crippen molar-refractivity contribution in [1.29, 1.82) is 0 Å². The van der Waals surface area contributed by atoms with Crippen molar-refractivity contribution in [3.63, 3.8) is 0 Å². The van der Waals surface area contributed by atoms with Gasteiger partial charge in [-0.3, -0.25) is 7.32 Å². The van der Waals surface area contributed by atoms with Crippen molar-refractivity contribution in [3.05, 3.63) is 0 Å². The summed E-state index contributed by atoms with van der Waals surface area (Å²) in [6, 6.07) is 0. The third kappa shape index (κ3) is 137. The van der Waals surface area contributed by atoms with E-state index in [0.717, 1.165) is 0 Å². The molecule has 0 aliphatic heterocycles. The van der Waals surface area contributed by atoms with Crippen LogP contribution in [0, 0.1) is 0 Å². The second-order valence-corrected chi connectivity index (χ2v) is 0.289. The molecule has 0 aliphatic rings. The zero-order valence-corrected chi connectivity index (χ0v) is 8.88. The molecule has 34 valence electrons. The molecule has 0 aromatic carbocycles. The Morgan fingerprint density at radius 2 is 1.14 bits per heavy atom. The molecule has 0 fully saturated rings. The van der Waals surface area contributed by atoms with Crippen LogP contribution < -0.4 is 15.1 Å². The van der Waals surface area contributed by atoms with E-state index in [-0.39, 0.29) is 19.5 Å². The zero-order chi connectivity index (χ0) is 5.58. The molecule has 0 bridgehead atoms. The van der Waals surface area contributed by atoms with Crippen molar-refractivity contribution < 1.29 is 37.6 Å². The molecule has 0 unspecified atom stereocenters. The van der Waals surface area contributed by atoms with Gasteiger partial charge in [-0.15, -0.1) is 0 Å². The summed E-state index contributed by atoms with van der Waals surface area (Å²) >= 11 is 0.500. The molecule has 7 heavy (non-hydrogen) atoms. The zero-order valence-electron chi connectivity index (χ0n) is 3.36. The van der Waals surface area contributed by atoms with E-state index < -0.39 is 7.32 Å². The third-order valence-corrected chi connectivity index (χ3v) is 0. The molecule has 0 rings (SSSR count). The van der Waals surface area contributed by atoms with Crippen molar-refractivity contribution >= 4 is 30.3 Å². The summed E-state index contributed by atoms with van der Waals surface area (Å²) < 4.78 is 8.30. The Labute approximate surface area is 67.7 Å². The van der Waals surface area contributed by atoms with Crippen LogP contribution in [0.25, 0.3) is 0 Å². The minimum absolute atomic E-state index is 0. The van der Waals surface area contributed by atoms with Crippen LogP contribution in [-0.4, -0.2) is 30.3 Å². The normalized spacial score (nSPS) is 4.43. The van der Waals surface area contributed by atoms with Crippen molar-refractivity contribution in [3.8, 4) is 0 Å². The van der Waals surface area contributed by atoms with E-state index in [1.165, 1.54) is 0 Å². The fourth-order valence-electron chi connectivity index (χ4n) is 0. The Morgan fingerprint density at radius 3 is 1.14 bits per heavy atom. The Morgan fingerprint density at radius 1 is 1.14 bits per heavy atom. The molecule has 0 saturated heterocycles. The van der Waals surface area contributed by atoms with Gasteiger partial charge in [0.1, 0.15) is 0 Å². The molecule has 7 heteroatoms. The van der Waals surface area contributed by atoms with Crippen molar-refractivity contribution in [2.45, 2.75) is 0 Å². The summed E-state index contributed by atoms with van der Waals surface area (Å²) in [5, 5.41) is 25.2. The van der Waals surface area contributed by atoms with Crippen molar-refractivity contribution in [2.75, 3.05) is 0 Å². The molecule has 0 aromatic rings. The van der Waals surface area contributed by atoms with E-state index in [0.29, 0.717) is 23.0 Å². The first-order valence-electron chi connectivity index (χ1n) is 0.890. The van der Waals surface area contributed by atoms with Gasteiger partial charge in [0.05, 0.1) is 0 Å². The van der Waals surface area contributed by atoms with Gasteiger partial charge in [0.2, 0.25) is 0 Å². The van der Waals surface area contributed by atoms with E-state index >= 15 is 0 Å². The van der Waals surface area contributed by atoms with E-state index in [1.54, 1.807) is 0 Å². The van der Waals surface area contributed by atoms with E-state index in [1.807, 2.05) is 0 Å². The largest absolute Gasteiger partial charge is 2.00 e. The maximum atomic E-state index is 8.42. The Balaban J connectivity index is -0.0000000480. The predicted molar refractivity (Wildman–Crippen MR) is 12.2 cm³/mol. The number of rotatable bonds is 0. The van der Waals surface area contributed by atoms with Crippen LogP contribution in [0.1, 0.15) is 0 Å². The average Bonchev–Trinajstić information content (AvgIpc) is 1.41. The summed E-state index contributed by atoms with van der Waals surface area (Å²) in [5.74, 6) is 0. The monoisotopic (exact) mass is 260 g/mol. The molecule has 4 nitrogen and oxygen atoms in total. The Bertz CT molecular complexity index is 22.9. The van der Waals surface area contributed by atoms with Gasteiger partial charge in [0.15, 0.2) is 0 Å². The first kappa shape index (κ1) is 15.7. The number of hydrogen-bond donors (Lipinski definition) is 0. The van der Waals surface area contributed by atoms with Crippen LogP contribution in [0.15, 0.2) is 0 Å². The standard InChI is InChI=1S/BO3.O.Sb.Zn/c2-1(3)4;;;/q-3;;+1;+2. The molecule has 0 aromatic heterocycles. The molecular formula is BO4SbZn. The molecule has 0 amide bonds. The minimum atomic E-state index is -2.92. The van der Waals surface area contributed by atoms with Crippen LogP contribution in [0.4, 0.5) is 0 Å². The van der Waals surface area contributed by atoms with Gasteiger partial charge in [-0.2, -0.15) is 0 Å². The van der Waals surface area contributed by atoms with E-state index in [9.17, 15) is 0 Å². The summed E-state index contributed by atoms with van der Waals surface area (Å²) in [6.45, 7) is 0. The van der Waals surface area contributed by atoms with Gasteiger partial charge >= 0.3 is 45.5 Å². The molecule has 0 saturated carbocycles. The topological polar surface area (TPSA) is 86.2 Å². The van der Waals surface area contributed by atoms with Crippen molar-refractivity contribution in [1.82, 2.24) is 0 Å². The van der Waals surface area contributed by atoms with Gasteiger partial charge < -0.3 is 15.1 Å². The molecular weight excluding hydrogens is 262 g/mol. The second-order valence-electron chi connectivity index (χ2n) is 0.289. The summed E-state index contributed by atoms with van der Waals surface area (Å²) in [4.78, 5) is 0. The van der Waals surface area contributed by atoms with Gasteiger partial charge in [-0.25, -0.2) is 0 Å². The third-order valence-electron chi connectivity index (χ3n) is 0. The maximum absolute atomic E-state index is 8.42. The molecule has 0 spiro atoms. The molecule has 0 aliphatic carbocycles. The van der Waals surface area contributed by atoms with Gasteiger partial charge in [-0.05, 0) is 0 Å². The van der Waals surface area contributed by atoms with Gasteiger partial charge in [-0.1, -0.05) is 0 Å². The summed E-state index contributed by atoms with van der Waals surface area (Å²) in [6.07, 6.45) is 0. The summed E-state index contributed by atoms with van der Waals surface area (Å²) in [5.41, 5.74) is 0. The van der Waals surface area contributed by atoms with Crippen molar-refractivity contribution in [2.24, 2.45) is 0 Å². The Kier molecular flexibility index (Phi) is 35.2. The van der Waals surface area contributed by atoms with Gasteiger partial charge in [0.25, 0.3) is 0 Å². The van der Waals surface area contributed by atoms with Crippen LogP contribution in [-0.2, 0) is 22.5 Å². The first-order valence-corrected chi connectivity index (χ1v) is 1.93. The SMILES string of the molecule is [O-]B([O-])[O-].[O]=[Sb+].[Zn+2]. The van der Waals surface area contributed by atoms with Crippen LogP contribution in [0.3, 0.4) is 0 Å². The average molecular weight is 262 g/mol. The van der Waals surface area contributed by atoms with Crippen LogP contribution in [0.2, 0.25) is 0 Å². The fourth-order valence-corrected chi connectivity index (χ4v) is 0. The molecule has 0 N–H and O–H groups in total. The van der Waals surface area contributed by atoms with Crippen LogP contribution >= 0.6 is 0 Å². The fraction of sp³-hybridized carbons (Fsp3) is 0. The molecule has 0 atom stereocenters. The quantitative estimate of drug-likeness (QED) is 0.412. The molecule has 0 heterocycles. The van der Waals surface area contributed by atoms with Gasteiger partial charge in [0, 0.05) is 0 Å². The minimum Gasteiger partial charge on any atom is 2.00 e. The summed E-state index contributed by atoms with van der Waals surface area (Å²) in [7, 11) is -2.92. The maximum Gasteiger partial charge on any atom is 2.00 e. The second kappa shape index (κ2) is 15.7. The Hall–Kier alpha value is 1.19. The van der Waals surface area contributed by atoms with E-state index in [4.69, 9.17) is 18.1 Å². The smallest absolute Gasteiger partial charge is 2.00 e. The predicted octanol–water partition coefficient (Wildman–Crippen LogP) is -4.45.